The van der Waals surface area contributed by atoms with E-state index in [4.69, 9.17) is 14.2 Å². The SMILES string of the molecule is O=COC12COCC(COC1)N2. The van der Waals surface area contributed by atoms with Crippen LogP contribution in [0.15, 0.2) is 0 Å². The van der Waals surface area contributed by atoms with Gasteiger partial charge in [-0.05, 0) is 0 Å². The van der Waals surface area contributed by atoms with Gasteiger partial charge in [-0.2, -0.15) is 0 Å². The largest absolute Gasteiger partial charge is 0.441 e. The zero-order chi connectivity index (χ0) is 8.44. The minimum Gasteiger partial charge on any atom is -0.441 e. The van der Waals surface area contributed by atoms with E-state index >= 15 is 0 Å². The third-order valence-electron chi connectivity index (χ3n) is 2.05. The summed E-state index contributed by atoms with van der Waals surface area (Å²) in [7, 11) is 0. The Morgan fingerprint density at radius 3 is 2.67 bits per heavy atom. The van der Waals surface area contributed by atoms with Gasteiger partial charge in [0, 0.05) is 0 Å². The van der Waals surface area contributed by atoms with Crippen molar-refractivity contribution in [3.05, 3.63) is 0 Å². The highest BCUT2D eigenvalue weighted by molar-refractivity contribution is 5.38. The van der Waals surface area contributed by atoms with Gasteiger partial charge in [-0.1, -0.05) is 0 Å². The number of morpholine rings is 2. The standard InChI is InChI=1S/C7H11NO4/c9-5-12-7-3-10-1-6(8-7)2-11-4-7/h5-6,8H,1-4H2. The lowest BCUT2D eigenvalue weighted by Crippen LogP contribution is -2.67. The van der Waals surface area contributed by atoms with E-state index in [9.17, 15) is 4.79 Å². The molecule has 0 aromatic rings. The van der Waals surface area contributed by atoms with Gasteiger partial charge in [0.25, 0.3) is 6.47 Å². The predicted octanol–water partition coefficient (Wildman–Crippen LogP) is -1.13. The normalized spacial score (nSPS) is 40.5. The Bertz CT molecular complexity index is 174. The number of hydrogen-bond donors (Lipinski definition) is 1. The molecular formula is C7H11NO4. The Morgan fingerprint density at radius 1 is 1.42 bits per heavy atom. The molecule has 2 aliphatic rings. The van der Waals surface area contributed by atoms with Crippen LogP contribution in [0.1, 0.15) is 0 Å². The minimum atomic E-state index is -0.733. The molecule has 2 fully saturated rings. The van der Waals surface area contributed by atoms with E-state index in [-0.39, 0.29) is 6.04 Å². The van der Waals surface area contributed by atoms with Crippen LogP contribution >= 0.6 is 0 Å². The lowest BCUT2D eigenvalue weighted by Gasteiger charge is -2.43. The second kappa shape index (κ2) is 3.01. The minimum absolute atomic E-state index is 0.146. The molecule has 0 amide bonds. The van der Waals surface area contributed by atoms with Crippen LogP contribution in [0, 0.1) is 0 Å². The summed E-state index contributed by atoms with van der Waals surface area (Å²) in [6.45, 7) is 2.38. The number of carbonyl (C=O) groups excluding carboxylic acids is 1. The van der Waals surface area contributed by atoms with Crippen molar-refractivity contribution >= 4 is 6.47 Å². The topological polar surface area (TPSA) is 56.8 Å². The molecule has 0 aromatic carbocycles. The molecule has 0 spiro atoms. The van der Waals surface area contributed by atoms with Crippen molar-refractivity contribution in [3.63, 3.8) is 0 Å². The molecule has 0 radical (unpaired) electrons. The van der Waals surface area contributed by atoms with Gasteiger partial charge in [-0.25, -0.2) is 0 Å². The third-order valence-corrected chi connectivity index (χ3v) is 2.05. The van der Waals surface area contributed by atoms with Crippen molar-refractivity contribution in [1.82, 2.24) is 5.32 Å². The Morgan fingerprint density at radius 2 is 2.08 bits per heavy atom. The van der Waals surface area contributed by atoms with Gasteiger partial charge in [0.05, 0.1) is 19.3 Å². The first-order valence-corrected chi connectivity index (χ1v) is 3.89. The van der Waals surface area contributed by atoms with Crippen LogP contribution in [-0.2, 0) is 19.0 Å². The first kappa shape index (κ1) is 7.97. The molecule has 5 heteroatoms. The summed E-state index contributed by atoms with van der Waals surface area (Å²) >= 11 is 0. The van der Waals surface area contributed by atoms with Crippen LogP contribution in [0.5, 0.6) is 0 Å². The molecular weight excluding hydrogens is 162 g/mol. The van der Waals surface area contributed by atoms with E-state index in [1.807, 2.05) is 0 Å². The molecule has 2 bridgehead atoms. The average molecular weight is 173 g/mol. The highest BCUT2D eigenvalue weighted by Crippen LogP contribution is 2.18. The smallest absolute Gasteiger partial charge is 0.295 e. The maximum Gasteiger partial charge on any atom is 0.295 e. The van der Waals surface area contributed by atoms with Crippen LogP contribution in [0.25, 0.3) is 0 Å². The van der Waals surface area contributed by atoms with Crippen molar-refractivity contribution in [2.24, 2.45) is 0 Å². The summed E-state index contributed by atoms with van der Waals surface area (Å²) in [4.78, 5) is 10.2. The molecule has 0 aromatic heterocycles. The summed E-state index contributed by atoms with van der Waals surface area (Å²) in [5, 5.41) is 3.16. The summed E-state index contributed by atoms with van der Waals surface area (Å²) in [6, 6.07) is 0.146. The molecule has 5 nitrogen and oxygen atoms in total. The number of rotatable bonds is 2. The number of fused-ring (bicyclic) bond motifs is 2. The maximum absolute atomic E-state index is 10.2. The van der Waals surface area contributed by atoms with Gasteiger partial charge >= 0.3 is 0 Å². The zero-order valence-corrected chi connectivity index (χ0v) is 6.62. The van der Waals surface area contributed by atoms with Crippen LogP contribution in [0.3, 0.4) is 0 Å². The summed E-state index contributed by atoms with van der Waals surface area (Å²) < 4.78 is 15.4. The van der Waals surface area contributed by atoms with Crippen molar-refractivity contribution in [2.75, 3.05) is 26.4 Å². The van der Waals surface area contributed by atoms with Crippen molar-refractivity contribution in [3.8, 4) is 0 Å². The van der Waals surface area contributed by atoms with E-state index < -0.39 is 5.72 Å². The second-order valence-electron chi connectivity index (χ2n) is 3.08. The van der Waals surface area contributed by atoms with Crippen LogP contribution in [0.4, 0.5) is 0 Å². The molecule has 2 heterocycles. The summed E-state index contributed by atoms with van der Waals surface area (Å²) in [6.07, 6.45) is 0. The van der Waals surface area contributed by atoms with Gasteiger partial charge < -0.3 is 14.2 Å². The number of carbonyl (C=O) groups is 1. The number of hydrogen-bond acceptors (Lipinski definition) is 5. The molecule has 1 N–H and O–H groups in total. The van der Waals surface area contributed by atoms with Gasteiger partial charge in [-0.3, -0.25) is 10.1 Å². The number of nitrogens with one attached hydrogen (secondary N) is 1. The van der Waals surface area contributed by atoms with Crippen molar-refractivity contribution in [1.29, 1.82) is 0 Å². The van der Waals surface area contributed by atoms with Crippen LogP contribution < -0.4 is 5.32 Å². The highest BCUT2D eigenvalue weighted by Gasteiger charge is 2.42. The van der Waals surface area contributed by atoms with E-state index in [0.717, 1.165) is 0 Å². The summed E-state index contributed by atoms with van der Waals surface area (Å²) in [5.41, 5.74) is -0.733. The molecule has 2 rings (SSSR count). The molecule has 0 aliphatic carbocycles. The van der Waals surface area contributed by atoms with Gasteiger partial charge in [0.2, 0.25) is 5.72 Å². The molecule has 2 aliphatic heterocycles. The Balaban J connectivity index is 2.06. The Kier molecular flexibility index (Phi) is 2.00. The van der Waals surface area contributed by atoms with E-state index in [1.165, 1.54) is 0 Å². The average Bonchev–Trinajstić information content (AvgIpc) is 2.04. The third kappa shape index (κ3) is 1.31. The monoisotopic (exact) mass is 173 g/mol. The van der Waals surface area contributed by atoms with E-state index in [1.54, 1.807) is 0 Å². The van der Waals surface area contributed by atoms with Crippen LogP contribution in [0.2, 0.25) is 0 Å². The first-order valence-electron chi connectivity index (χ1n) is 3.89. The summed E-state index contributed by atoms with van der Waals surface area (Å²) in [5.74, 6) is 0. The molecule has 12 heavy (non-hydrogen) atoms. The fourth-order valence-corrected chi connectivity index (χ4v) is 1.55. The maximum atomic E-state index is 10.2. The molecule has 0 saturated carbocycles. The van der Waals surface area contributed by atoms with Crippen LogP contribution in [-0.4, -0.2) is 44.7 Å². The van der Waals surface area contributed by atoms with Gasteiger partial charge in [0.1, 0.15) is 13.2 Å². The zero-order valence-electron chi connectivity index (χ0n) is 6.62. The molecule has 2 saturated heterocycles. The Hall–Kier alpha value is -0.650. The fraction of sp³-hybridized carbons (Fsp3) is 0.857. The first-order chi connectivity index (χ1) is 5.85. The second-order valence-corrected chi connectivity index (χ2v) is 3.08. The Labute approximate surface area is 70.0 Å². The van der Waals surface area contributed by atoms with Gasteiger partial charge in [-0.15, -0.1) is 0 Å². The van der Waals surface area contributed by atoms with Crippen molar-refractivity contribution in [2.45, 2.75) is 11.8 Å². The quantitative estimate of drug-likeness (QED) is 0.536. The highest BCUT2D eigenvalue weighted by atomic mass is 16.6. The number of ether oxygens (including phenoxy) is 3. The van der Waals surface area contributed by atoms with Gasteiger partial charge in [0.15, 0.2) is 0 Å². The lowest BCUT2D eigenvalue weighted by molar-refractivity contribution is -0.209. The predicted molar refractivity (Wildman–Crippen MR) is 38.4 cm³/mol. The molecule has 0 atom stereocenters. The lowest BCUT2D eigenvalue weighted by atomic mass is 10.1. The van der Waals surface area contributed by atoms with E-state index in [2.05, 4.69) is 5.32 Å². The molecule has 68 valence electrons. The van der Waals surface area contributed by atoms with E-state index in [0.29, 0.717) is 32.9 Å². The van der Waals surface area contributed by atoms with Crippen molar-refractivity contribution < 1.29 is 19.0 Å². The molecule has 0 unspecified atom stereocenters. The fourth-order valence-electron chi connectivity index (χ4n) is 1.55.